The first kappa shape index (κ1) is 13.2. The molecular formula is C13H16BrN3O. The Balaban J connectivity index is 2.14. The van der Waals surface area contributed by atoms with Gasteiger partial charge in [0.1, 0.15) is 12.2 Å². The molecule has 0 spiro atoms. The van der Waals surface area contributed by atoms with E-state index in [0.29, 0.717) is 6.42 Å². The SMILES string of the molecule is CCCn1ncnc1CC(O)c1ccccc1Br. The minimum absolute atomic E-state index is 0.475. The van der Waals surface area contributed by atoms with Crippen molar-refractivity contribution in [2.75, 3.05) is 0 Å². The number of aromatic nitrogens is 3. The molecule has 0 aliphatic heterocycles. The second kappa shape index (κ2) is 6.11. The minimum Gasteiger partial charge on any atom is -0.388 e. The van der Waals surface area contributed by atoms with Gasteiger partial charge in [-0.1, -0.05) is 41.1 Å². The van der Waals surface area contributed by atoms with E-state index in [4.69, 9.17) is 0 Å². The quantitative estimate of drug-likeness (QED) is 0.924. The second-order valence-corrected chi connectivity index (χ2v) is 5.00. The summed E-state index contributed by atoms with van der Waals surface area (Å²) < 4.78 is 2.76. The molecule has 0 aliphatic rings. The van der Waals surface area contributed by atoms with E-state index in [1.807, 2.05) is 28.9 Å². The molecule has 0 bridgehead atoms. The highest BCUT2D eigenvalue weighted by Crippen LogP contribution is 2.25. The lowest BCUT2D eigenvalue weighted by atomic mass is 10.1. The zero-order valence-corrected chi connectivity index (χ0v) is 11.8. The molecule has 2 aromatic rings. The average Bonchev–Trinajstić information content (AvgIpc) is 2.78. The summed E-state index contributed by atoms with van der Waals surface area (Å²) >= 11 is 3.45. The van der Waals surface area contributed by atoms with Crippen LogP contribution in [-0.2, 0) is 13.0 Å². The Labute approximate surface area is 115 Å². The Morgan fingerprint density at radius 2 is 2.17 bits per heavy atom. The Kier molecular flexibility index (Phi) is 4.49. The van der Waals surface area contributed by atoms with Gasteiger partial charge in [0.15, 0.2) is 0 Å². The van der Waals surface area contributed by atoms with Gasteiger partial charge < -0.3 is 5.11 Å². The van der Waals surface area contributed by atoms with Crippen molar-refractivity contribution in [1.29, 1.82) is 0 Å². The van der Waals surface area contributed by atoms with Gasteiger partial charge in [0.25, 0.3) is 0 Å². The molecule has 0 amide bonds. The molecule has 0 aliphatic carbocycles. The summed E-state index contributed by atoms with van der Waals surface area (Å²) in [6, 6.07) is 7.69. The molecule has 1 aromatic carbocycles. The van der Waals surface area contributed by atoms with Crippen LogP contribution >= 0.6 is 15.9 Å². The number of nitrogens with zero attached hydrogens (tertiary/aromatic N) is 3. The second-order valence-electron chi connectivity index (χ2n) is 4.14. The van der Waals surface area contributed by atoms with E-state index in [9.17, 15) is 5.11 Å². The summed E-state index contributed by atoms with van der Waals surface area (Å²) in [5, 5.41) is 14.4. The van der Waals surface area contributed by atoms with Crippen molar-refractivity contribution in [3.05, 3.63) is 46.5 Å². The van der Waals surface area contributed by atoms with Gasteiger partial charge in [0.05, 0.1) is 6.10 Å². The third-order valence-corrected chi connectivity index (χ3v) is 3.49. The number of halogens is 1. The molecule has 1 N–H and O–H groups in total. The molecule has 1 unspecified atom stereocenters. The fourth-order valence-corrected chi connectivity index (χ4v) is 2.42. The van der Waals surface area contributed by atoms with E-state index >= 15 is 0 Å². The van der Waals surface area contributed by atoms with Crippen LogP contribution in [0.1, 0.15) is 30.8 Å². The van der Waals surface area contributed by atoms with Gasteiger partial charge in [0.2, 0.25) is 0 Å². The van der Waals surface area contributed by atoms with E-state index in [1.165, 1.54) is 6.33 Å². The molecule has 2 rings (SSSR count). The van der Waals surface area contributed by atoms with Crippen molar-refractivity contribution in [2.24, 2.45) is 0 Å². The maximum absolute atomic E-state index is 10.3. The summed E-state index contributed by atoms with van der Waals surface area (Å²) in [5.41, 5.74) is 0.878. The third kappa shape index (κ3) is 2.97. The molecule has 1 aromatic heterocycles. The molecule has 18 heavy (non-hydrogen) atoms. The van der Waals surface area contributed by atoms with E-state index < -0.39 is 6.10 Å². The lowest BCUT2D eigenvalue weighted by Crippen LogP contribution is -2.10. The van der Waals surface area contributed by atoms with E-state index in [2.05, 4.69) is 32.9 Å². The molecule has 0 saturated carbocycles. The van der Waals surface area contributed by atoms with Crippen LogP contribution in [0.4, 0.5) is 0 Å². The van der Waals surface area contributed by atoms with Gasteiger partial charge in [-0.3, -0.25) is 4.68 Å². The van der Waals surface area contributed by atoms with Crippen molar-refractivity contribution in [3.8, 4) is 0 Å². The van der Waals surface area contributed by atoms with Crippen molar-refractivity contribution in [1.82, 2.24) is 14.8 Å². The Bertz CT molecular complexity index is 512. The van der Waals surface area contributed by atoms with Gasteiger partial charge in [-0.25, -0.2) is 4.98 Å². The first-order valence-electron chi connectivity index (χ1n) is 6.01. The predicted molar refractivity (Wildman–Crippen MR) is 73.1 cm³/mol. The van der Waals surface area contributed by atoms with Crippen molar-refractivity contribution >= 4 is 15.9 Å². The molecule has 0 fully saturated rings. The van der Waals surface area contributed by atoms with Crippen molar-refractivity contribution in [2.45, 2.75) is 32.4 Å². The highest BCUT2D eigenvalue weighted by Gasteiger charge is 2.15. The van der Waals surface area contributed by atoms with Crippen molar-refractivity contribution < 1.29 is 5.11 Å². The smallest absolute Gasteiger partial charge is 0.138 e. The van der Waals surface area contributed by atoms with E-state index in [0.717, 1.165) is 28.8 Å². The molecule has 1 atom stereocenters. The lowest BCUT2D eigenvalue weighted by Gasteiger charge is -2.12. The Morgan fingerprint density at radius 1 is 1.39 bits per heavy atom. The molecule has 0 saturated heterocycles. The molecule has 96 valence electrons. The number of hydrogen-bond donors (Lipinski definition) is 1. The van der Waals surface area contributed by atoms with Crippen LogP contribution in [0.25, 0.3) is 0 Å². The third-order valence-electron chi connectivity index (χ3n) is 2.77. The van der Waals surface area contributed by atoms with E-state index in [1.54, 1.807) is 0 Å². The molecule has 4 nitrogen and oxygen atoms in total. The predicted octanol–water partition coefficient (Wildman–Crippen LogP) is 2.73. The summed E-state index contributed by atoms with van der Waals surface area (Å²) in [4.78, 5) is 4.21. The number of hydrogen-bond acceptors (Lipinski definition) is 3. The number of aryl methyl sites for hydroxylation is 1. The molecule has 0 radical (unpaired) electrons. The van der Waals surface area contributed by atoms with Gasteiger partial charge in [-0.15, -0.1) is 0 Å². The zero-order valence-electron chi connectivity index (χ0n) is 10.3. The summed E-state index contributed by atoms with van der Waals surface area (Å²) in [6.07, 6.45) is 2.45. The maximum Gasteiger partial charge on any atom is 0.138 e. The minimum atomic E-state index is -0.569. The highest BCUT2D eigenvalue weighted by molar-refractivity contribution is 9.10. The summed E-state index contributed by atoms with van der Waals surface area (Å²) in [7, 11) is 0. The van der Waals surface area contributed by atoms with Crippen LogP contribution in [0, 0.1) is 0 Å². The number of aliphatic hydroxyl groups is 1. The molecule has 1 heterocycles. The highest BCUT2D eigenvalue weighted by atomic mass is 79.9. The van der Waals surface area contributed by atoms with Crippen LogP contribution < -0.4 is 0 Å². The average molecular weight is 310 g/mol. The summed E-state index contributed by atoms with van der Waals surface area (Å²) in [5.74, 6) is 0.820. The van der Waals surface area contributed by atoms with Crippen LogP contribution in [0.5, 0.6) is 0 Å². The van der Waals surface area contributed by atoms with Crippen LogP contribution in [0.3, 0.4) is 0 Å². The van der Waals surface area contributed by atoms with Gasteiger partial charge >= 0.3 is 0 Å². The lowest BCUT2D eigenvalue weighted by molar-refractivity contribution is 0.173. The Hall–Kier alpha value is -1.20. The summed E-state index contributed by atoms with van der Waals surface area (Å²) in [6.45, 7) is 2.92. The fraction of sp³-hybridized carbons (Fsp3) is 0.385. The molecule has 5 heteroatoms. The van der Waals surface area contributed by atoms with E-state index in [-0.39, 0.29) is 0 Å². The Morgan fingerprint density at radius 3 is 2.89 bits per heavy atom. The number of benzene rings is 1. The number of rotatable bonds is 5. The van der Waals surface area contributed by atoms with Gasteiger partial charge in [0, 0.05) is 17.4 Å². The monoisotopic (exact) mass is 309 g/mol. The first-order chi connectivity index (χ1) is 8.72. The van der Waals surface area contributed by atoms with Gasteiger partial charge in [-0.05, 0) is 18.1 Å². The fourth-order valence-electron chi connectivity index (χ4n) is 1.87. The van der Waals surface area contributed by atoms with Crippen LogP contribution in [-0.4, -0.2) is 19.9 Å². The molecular weight excluding hydrogens is 294 g/mol. The maximum atomic E-state index is 10.3. The standard InChI is InChI=1S/C13H16BrN3O/c1-2-7-17-13(15-9-16-17)8-12(18)10-5-3-4-6-11(10)14/h3-6,9,12,18H,2,7-8H2,1H3. The zero-order chi connectivity index (χ0) is 13.0. The normalized spacial score (nSPS) is 12.6. The number of aliphatic hydroxyl groups excluding tert-OH is 1. The van der Waals surface area contributed by atoms with Gasteiger partial charge in [-0.2, -0.15) is 5.10 Å². The topological polar surface area (TPSA) is 50.9 Å². The van der Waals surface area contributed by atoms with Crippen LogP contribution in [0.2, 0.25) is 0 Å². The first-order valence-corrected chi connectivity index (χ1v) is 6.80. The van der Waals surface area contributed by atoms with Crippen molar-refractivity contribution in [3.63, 3.8) is 0 Å². The van der Waals surface area contributed by atoms with Crippen LogP contribution in [0.15, 0.2) is 35.1 Å². The largest absolute Gasteiger partial charge is 0.388 e.